The fourth-order valence-corrected chi connectivity index (χ4v) is 3.04. The Labute approximate surface area is 159 Å². The highest BCUT2D eigenvalue weighted by Crippen LogP contribution is 2.32. The molecule has 0 aliphatic carbocycles. The molecule has 136 valence electrons. The van der Waals surface area contributed by atoms with Gasteiger partial charge in [0.05, 0.1) is 40.1 Å². The van der Waals surface area contributed by atoms with E-state index in [4.69, 9.17) is 27.9 Å². The van der Waals surface area contributed by atoms with E-state index >= 15 is 0 Å². The van der Waals surface area contributed by atoms with Crippen LogP contribution in [0.15, 0.2) is 36.4 Å². The third-order valence-electron chi connectivity index (χ3n) is 3.97. The smallest absolute Gasteiger partial charge is 0.271 e. The number of halogens is 2. The molecule has 0 atom stereocenters. The zero-order valence-corrected chi connectivity index (χ0v) is 15.1. The first-order valence-corrected chi connectivity index (χ1v) is 8.59. The predicted octanol–water partition coefficient (Wildman–Crippen LogP) is 3.99. The van der Waals surface area contributed by atoms with Gasteiger partial charge in [0, 0.05) is 30.2 Å². The molecule has 1 fully saturated rings. The molecular weight excluding hydrogens is 381 g/mol. The normalized spacial score (nSPS) is 14.2. The lowest BCUT2D eigenvalue weighted by Crippen LogP contribution is -2.36. The molecule has 3 rings (SSSR count). The van der Waals surface area contributed by atoms with E-state index in [-0.39, 0.29) is 16.3 Å². The molecule has 1 saturated heterocycles. The second kappa shape index (κ2) is 7.90. The minimum absolute atomic E-state index is 0.0507. The van der Waals surface area contributed by atoms with Gasteiger partial charge in [0.1, 0.15) is 0 Å². The Kier molecular flexibility index (Phi) is 5.61. The molecule has 1 aliphatic rings. The topological polar surface area (TPSA) is 84.7 Å². The number of nitro groups is 1. The summed E-state index contributed by atoms with van der Waals surface area (Å²) >= 11 is 12.0. The summed E-state index contributed by atoms with van der Waals surface area (Å²) in [6.07, 6.45) is 0. The van der Waals surface area contributed by atoms with Crippen molar-refractivity contribution in [2.24, 2.45) is 0 Å². The molecule has 0 bridgehead atoms. The van der Waals surface area contributed by atoms with E-state index in [0.29, 0.717) is 42.7 Å². The lowest BCUT2D eigenvalue weighted by atomic mass is 10.1. The summed E-state index contributed by atoms with van der Waals surface area (Å²) in [7, 11) is 0. The SMILES string of the molecule is O=C(Nc1ccc([N+](=O)[O-])cc1N1CCOCC1)c1cc(Cl)ccc1Cl. The largest absolute Gasteiger partial charge is 0.378 e. The molecule has 0 radical (unpaired) electrons. The van der Waals surface area contributed by atoms with Crippen molar-refractivity contribution in [2.75, 3.05) is 36.5 Å². The molecule has 0 spiro atoms. The van der Waals surface area contributed by atoms with E-state index < -0.39 is 10.8 Å². The number of amides is 1. The fourth-order valence-electron chi connectivity index (χ4n) is 2.67. The molecule has 0 unspecified atom stereocenters. The van der Waals surface area contributed by atoms with Crippen molar-refractivity contribution in [2.45, 2.75) is 0 Å². The first-order chi connectivity index (χ1) is 12.5. The number of carbonyl (C=O) groups is 1. The zero-order valence-electron chi connectivity index (χ0n) is 13.6. The Morgan fingerprint density at radius 2 is 1.88 bits per heavy atom. The van der Waals surface area contributed by atoms with Crippen LogP contribution >= 0.6 is 23.2 Å². The molecule has 1 heterocycles. The van der Waals surface area contributed by atoms with Crippen molar-refractivity contribution in [1.82, 2.24) is 0 Å². The molecule has 0 saturated carbocycles. The highest BCUT2D eigenvalue weighted by molar-refractivity contribution is 6.36. The van der Waals surface area contributed by atoms with Gasteiger partial charge in [0.2, 0.25) is 0 Å². The van der Waals surface area contributed by atoms with Crippen molar-refractivity contribution < 1.29 is 14.5 Å². The molecule has 9 heteroatoms. The maximum atomic E-state index is 12.6. The first-order valence-electron chi connectivity index (χ1n) is 7.83. The van der Waals surface area contributed by atoms with Gasteiger partial charge in [-0.3, -0.25) is 14.9 Å². The lowest BCUT2D eigenvalue weighted by Gasteiger charge is -2.30. The van der Waals surface area contributed by atoms with E-state index in [1.54, 1.807) is 6.07 Å². The number of anilines is 2. The van der Waals surface area contributed by atoms with Gasteiger partial charge in [-0.05, 0) is 24.3 Å². The Bertz CT molecular complexity index is 854. The number of hydrogen-bond acceptors (Lipinski definition) is 5. The Hall–Kier alpha value is -2.35. The second-order valence-corrected chi connectivity index (χ2v) is 6.48. The molecule has 1 N–H and O–H groups in total. The number of hydrogen-bond donors (Lipinski definition) is 1. The third-order valence-corrected chi connectivity index (χ3v) is 4.53. The molecule has 1 aliphatic heterocycles. The van der Waals surface area contributed by atoms with Crippen molar-refractivity contribution in [3.05, 3.63) is 62.1 Å². The van der Waals surface area contributed by atoms with Crippen LogP contribution < -0.4 is 10.2 Å². The minimum Gasteiger partial charge on any atom is -0.378 e. The standard InChI is InChI=1S/C17H15Cl2N3O4/c18-11-1-3-14(19)13(9-11)17(23)20-15-4-2-12(22(24)25)10-16(15)21-5-7-26-8-6-21/h1-4,9-10H,5-8H2,(H,20,23). The number of nitro benzene ring substituents is 1. The maximum Gasteiger partial charge on any atom is 0.271 e. The Morgan fingerprint density at radius 3 is 2.58 bits per heavy atom. The van der Waals surface area contributed by atoms with E-state index in [1.165, 1.54) is 30.3 Å². The van der Waals surface area contributed by atoms with Crippen molar-refractivity contribution in [3.63, 3.8) is 0 Å². The highest BCUT2D eigenvalue weighted by Gasteiger charge is 2.21. The van der Waals surface area contributed by atoms with Crippen LogP contribution in [-0.4, -0.2) is 37.1 Å². The van der Waals surface area contributed by atoms with Crippen LogP contribution in [0.25, 0.3) is 0 Å². The number of benzene rings is 2. The monoisotopic (exact) mass is 395 g/mol. The van der Waals surface area contributed by atoms with Crippen LogP contribution in [0, 0.1) is 10.1 Å². The summed E-state index contributed by atoms with van der Waals surface area (Å²) in [5.41, 5.74) is 1.20. The fraction of sp³-hybridized carbons (Fsp3) is 0.235. The number of ether oxygens (including phenoxy) is 1. The Balaban J connectivity index is 1.94. The highest BCUT2D eigenvalue weighted by atomic mass is 35.5. The van der Waals surface area contributed by atoms with E-state index in [2.05, 4.69) is 5.32 Å². The third kappa shape index (κ3) is 4.07. The number of nitrogens with one attached hydrogen (secondary N) is 1. The number of non-ortho nitro benzene ring substituents is 1. The number of carbonyl (C=O) groups excluding carboxylic acids is 1. The summed E-state index contributed by atoms with van der Waals surface area (Å²) in [5.74, 6) is -0.444. The average Bonchev–Trinajstić information content (AvgIpc) is 2.64. The van der Waals surface area contributed by atoms with Crippen LogP contribution in [-0.2, 0) is 4.74 Å². The van der Waals surface area contributed by atoms with E-state index in [1.807, 2.05) is 4.90 Å². The van der Waals surface area contributed by atoms with Crippen molar-refractivity contribution in [3.8, 4) is 0 Å². The van der Waals surface area contributed by atoms with Gasteiger partial charge in [-0.2, -0.15) is 0 Å². The van der Waals surface area contributed by atoms with Crippen LogP contribution in [0.1, 0.15) is 10.4 Å². The molecular formula is C17H15Cl2N3O4. The molecule has 2 aromatic rings. The molecule has 26 heavy (non-hydrogen) atoms. The molecule has 7 nitrogen and oxygen atoms in total. The quantitative estimate of drug-likeness (QED) is 0.624. The van der Waals surface area contributed by atoms with Crippen LogP contribution in [0.4, 0.5) is 17.1 Å². The van der Waals surface area contributed by atoms with Gasteiger partial charge in [-0.15, -0.1) is 0 Å². The number of morpholine rings is 1. The first kappa shape index (κ1) is 18.4. The molecule has 1 amide bonds. The minimum atomic E-state index is -0.469. The van der Waals surface area contributed by atoms with Gasteiger partial charge in [-0.1, -0.05) is 23.2 Å². The van der Waals surface area contributed by atoms with E-state index in [0.717, 1.165) is 0 Å². The van der Waals surface area contributed by atoms with Gasteiger partial charge in [0.25, 0.3) is 11.6 Å². The maximum absolute atomic E-state index is 12.6. The van der Waals surface area contributed by atoms with Crippen LogP contribution in [0.3, 0.4) is 0 Å². The molecule has 2 aromatic carbocycles. The number of nitrogens with zero attached hydrogens (tertiary/aromatic N) is 2. The summed E-state index contributed by atoms with van der Waals surface area (Å²) < 4.78 is 5.32. The lowest BCUT2D eigenvalue weighted by molar-refractivity contribution is -0.384. The predicted molar refractivity (Wildman–Crippen MR) is 101 cm³/mol. The van der Waals surface area contributed by atoms with Crippen molar-refractivity contribution >= 4 is 46.2 Å². The van der Waals surface area contributed by atoms with Crippen LogP contribution in [0.2, 0.25) is 10.0 Å². The van der Waals surface area contributed by atoms with Gasteiger partial charge in [-0.25, -0.2) is 0 Å². The second-order valence-electron chi connectivity index (χ2n) is 5.64. The van der Waals surface area contributed by atoms with E-state index in [9.17, 15) is 14.9 Å². The van der Waals surface area contributed by atoms with Gasteiger partial charge < -0.3 is 15.0 Å². The summed E-state index contributed by atoms with van der Waals surface area (Å²) in [4.78, 5) is 25.2. The Morgan fingerprint density at radius 1 is 1.15 bits per heavy atom. The number of rotatable bonds is 4. The van der Waals surface area contributed by atoms with Crippen molar-refractivity contribution in [1.29, 1.82) is 0 Å². The zero-order chi connectivity index (χ0) is 18.7. The van der Waals surface area contributed by atoms with Gasteiger partial charge in [0.15, 0.2) is 0 Å². The molecule has 0 aromatic heterocycles. The summed E-state index contributed by atoms with van der Waals surface area (Å²) in [6.45, 7) is 2.16. The van der Waals surface area contributed by atoms with Crippen LogP contribution in [0.5, 0.6) is 0 Å². The van der Waals surface area contributed by atoms with Gasteiger partial charge >= 0.3 is 0 Å². The summed E-state index contributed by atoms with van der Waals surface area (Å²) in [6, 6.07) is 8.90. The average molecular weight is 396 g/mol. The summed E-state index contributed by atoms with van der Waals surface area (Å²) in [5, 5.41) is 14.5.